The Labute approximate surface area is 238 Å². The Balaban J connectivity index is 1.51. The summed E-state index contributed by atoms with van der Waals surface area (Å²) in [7, 11) is 0. The third-order valence-corrected chi connectivity index (χ3v) is 8.24. The van der Waals surface area contributed by atoms with E-state index in [-0.39, 0.29) is 0 Å². The highest BCUT2D eigenvalue weighted by atomic mass is 15.0. The van der Waals surface area contributed by atoms with Gasteiger partial charge in [-0.25, -0.2) is 0 Å². The molecular weight excluding hydrogens is 496 g/mol. The lowest BCUT2D eigenvalue weighted by atomic mass is 10.1. The number of para-hydroxylation sites is 1. The van der Waals surface area contributed by atoms with E-state index in [0.717, 1.165) is 0 Å². The van der Waals surface area contributed by atoms with Crippen LogP contribution in [0.15, 0.2) is 146 Å². The second-order valence-electron chi connectivity index (χ2n) is 10.6. The highest BCUT2D eigenvalue weighted by Gasteiger charge is 2.18. The summed E-state index contributed by atoms with van der Waals surface area (Å²) in [6.45, 7) is 2.05. The maximum absolute atomic E-state index is 2.45. The van der Waals surface area contributed by atoms with Crippen molar-refractivity contribution in [2.75, 3.05) is 0 Å². The van der Waals surface area contributed by atoms with E-state index < -0.39 is 0 Å². The molecule has 0 fully saturated rings. The average molecular weight is 525 g/mol. The van der Waals surface area contributed by atoms with Crippen molar-refractivity contribution in [3.8, 4) is 11.4 Å². The molecule has 2 nitrogen and oxygen atoms in total. The number of allylic oxidation sites excluding steroid dienone is 3. The van der Waals surface area contributed by atoms with E-state index in [4.69, 9.17) is 0 Å². The highest BCUT2D eigenvalue weighted by molar-refractivity contribution is 6.15. The number of hydrogen-bond donors (Lipinski definition) is 0. The first-order valence-electron chi connectivity index (χ1n) is 14.2. The van der Waals surface area contributed by atoms with Crippen molar-refractivity contribution in [1.29, 1.82) is 0 Å². The summed E-state index contributed by atoms with van der Waals surface area (Å²) in [4.78, 5) is 0. The van der Waals surface area contributed by atoms with Crippen molar-refractivity contribution in [2.45, 2.75) is 6.92 Å². The first kappa shape index (κ1) is 23.5. The van der Waals surface area contributed by atoms with Gasteiger partial charge in [-0.05, 0) is 48.0 Å². The lowest BCUT2D eigenvalue weighted by Gasteiger charge is -2.12. The van der Waals surface area contributed by atoms with E-state index in [2.05, 4.69) is 168 Å². The molecule has 0 amide bonds. The van der Waals surface area contributed by atoms with Crippen molar-refractivity contribution in [1.82, 2.24) is 9.13 Å². The Morgan fingerprint density at radius 1 is 0.488 bits per heavy atom. The average Bonchev–Trinajstić information content (AvgIpc) is 3.54. The number of hydrogen-bond acceptors (Lipinski definition) is 0. The Bertz CT molecular complexity index is 2310. The van der Waals surface area contributed by atoms with Crippen molar-refractivity contribution in [2.24, 2.45) is 0 Å². The summed E-state index contributed by atoms with van der Waals surface area (Å²) < 4.78 is 4.82. The quantitative estimate of drug-likeness (QED) is 0.203. The number of fused-ring (bicyclic) bond motifs is 6. The smallest absolute Gasteiger partial charge is 0.0549 e. The van der Waals surface area contributed by atoms with Crippen molar-refractivity contribution in [3.05, 3.63) is 151 Å². The summed E-state index contributed by atoms with van der Waals surface area (Å²) >= 11 is 0. The number of nitrogens with zero attached hydrogens (tertiary/aromatic N) is 2. The molecule has 8 rings (SSSR count). The normalized spacial score (nSPS) is 12.3. The van der Waals surface area contributed by atoms with E-state index in [9.17, 15) is 0 Å². The van der Waals surface area contributed by atoms with Gasteiger partial charge in [0, 0.05) is 38.7 Å². The number of rotatable bonds is 4. The van der Waals surface area contributed by atoms with Crippen LogP contribution in [-0.2, 0) is 0 Å². The summed E-state index contributed by atoms with van der Waals surface area (Å²) in [6.07, 6.45) is 10.8. The molecule has 0 aliphatic rings. The first-order valence-corrected chi connectivity index (χ1v) is 14.2. The molecule has 8 aromatic rings. The molecule has 41 heavy (non-hydrogen) atoms. The number of benzene rings is 6. The highest BCUT2D eigenvalue weighted by Crippen LogP contribution is 2.39. The monoisotopic (exact) mass is 524 g/mol. The Morgan fingerprint density at radius 2 is 1.10 bits per heavy atom. The topological polar surface area (TPSA) is 9.86 Å². The molecule has 0 saturated carbocycles. The molecule has 0 saturated heterocycles. The second kappa shape index (κ2) is 9.39. The standard InChI is InChI=1S/C39H28N2/c1-2-3-4-15-29-26-40(35-22-11-16-27-13-5-7-18-30(27)35)38-25-34-32-20-9-10-21-37(32)41(39(34)24-33(29)38)36-23-12-17-28-14-6-8-19-31(28)36/h2-26H,1H3/b3-2-,15-4-. The lowest BCUT2D eigenvalue weighted by Crippen LogP contribution is -1.95. The van der Waals surface area contributed by atoms with Crippen LogP contribution >= 0.6 is 0 Å². The van der Waals surface area contributed by atoms with Crippen LogP contribution in [-0.4, -0.2) is 9.13 Å². The van der Waals surface area contributed by atoms with Crippen LogP contribution in [0, 0.1) is 0 Å². The second-order valence-corrected chi connectivity index (χ2v) is 10.6. The van der Waals surface area contributed by atoms with Crippen molar-refractivity contribution >= 4 is 60.3 Å². The summed E-state index contributed by atoms with van der Waals surface area (Å²) in [5.74, 6) is 0. The van der Waals surface area contributed by atoms with Gasteiger partial charge < -0.3 is 9.13 Å². The molecule has 0 radical (unpaired) electrons. The first-order chi connectivity index (χ1) is 20.3. The summed E-state index contributed by atoms with van der Waals surface area (Å²) in [6, 6.07) is 44.1. The van der Waals surface area contributed by atoms with Crippen LogP contribution in [0.4, 0.5) is 0 Å². The van der Waals surface area contributed by atoms with E-state index in [0.29, 0.717) is 0 Å². The van der Waals surface area contributed by atoms with E-state index in [1.807, 2.05) is 0 Å². The number of aromatic nitrogens is 2. The van der Waals surface area contributed by atoms with Gasteiger partial charge in [0.05, 0.1) is 27.9 Å². The summed E-state index contributed by atoms with van der Waals surface area (Å²) in [5.41, 5.74) is 7.22. The molecule has 6 aromatic carbocycles. The predicted molar refractivity (Wildman–Crippen MR) is 176 cm³/mol. The zero-order valence-electron chi connectivity index (χ0n) is 22.8. The molecule has 2 heterocycles. The van der Waals surface area contributed by atoms with Crippen LogP contribution in [0.1, 0.15) is 12.5 Å². The Morgan fingerprint density at radius 3 is 1.85 bits per heavy atom. The van der Waals surface area contributed by atoms with Gasteiger partial charge in [0.2, 0.25) is 0 Å². The lowest BCUT2D eigenvalue weighted by molar-refractivity contribution is 1.14. The minimum absolute atomic E-state index is 1.19. The SMILES string of the molecule is C/C=C\C=C/c1cn(-c2cccc3ccccc23)c2cc3c4ccccc4n(-c4cccc5ccccc45)c3cc12. The minimum atomic E-state index is 1.19. The summed E-state index contributed by atoms with van der Waals surface area (Å²) in [5, 5.41) is 8.73. The van der Waals surface area contributed by atoms with Gasteiger partial charge in [0.25, 0.3) is 0 Å². The molecule has 0 spiro atoms. The fourth-order valence-electron chi connectivity index (χ4n) is 6.40. The van der Waals surface area contributed by atoms with Gasteiger partial charge in [0.15, 0.2) is 0 Å². The molecule has 0 bridgehead atoms. The fraction of sp³-hybridized carbons (Fsp3) is 0.0256. The molecular formula is C39H28N2. The molecule has 0 unspecified atom stereocenters. The van der Waals surface area contributed by atoms with Gasteiger partial charge in [-0.1, -0.05) is 115 Å². The molecule has 0 atom stereocenters. The molecule has 0 aliphatic heterocycles. The molecule has 2 aromatic heterocycles. The van der Waals surface area contributed by atoms with Gasteiger partial charge in [-0.2, -0.15) is 0 Å². The van der Waals surface area contributed by atoms with Crippen LogP contribution in [0.3, 0.4) is 0 Å². The zero-order chi connectivity index (χ0) is 27.3. The van der Waals surface area contributed by atoms with Gasteiger partial charge in [0.1, 0.15) is 0 Å². The van der Waals surface area contributed by atoms with E-state index in [1.165, 1.54) is 71.2 Å². The maximum Gasteiger partial charge on any atom is 0.0549 e. The molecule has 2 heteroatoms. The van der Waals surface area contributed by atoms with Crippen LogP contribution < -0.4 is 0 Å². The van der Waals surface area contributed by atoms with E-state index >= 15 is 0 Å². The molecule has 0 aliphatic carbocycles. The zero-order valence-corrected chi connectivity index (χ0v) is 22.8. The van der Waals surface area contributed by atoms with Crippen molar-refractivity contribution in [3.63, 3.8) is 0 Å². The van der Waals surface area contributed by atoms with Gasteiger partial charge in [-0.3, -0.25) is 0 Å². The minimum Gasteiger partial charge on any atom is -0.315 e. The van der Waals surface area contributed by atoms with Crippen LogP contribution in [0.5, 0.6) is 0 Å². The van der Waals surface area contributed by atoms with Gasteiger partial charge >= 0.3 is 0 Å². The third-order valence-electron chi connectivity index (χ3n) is 8.24. The van der Waals surface area contributed by atoms with E-state index in [1.54, 1.807) is 0 Å². The van der Waals surface area contributed by atoms with Crippen LogP contribution in [0.25, 0.3) is 71.7 Å². The molecule has 0 N–H and O–H groups in total. The molecule has 194 valence electrons. The van der Waals surface area contributed by atoms with Gasteiger partial charge in [-0.15, -0.1) is 0 Å². The van der Waals surface area contributed by atoms with Crippen LogP contribution in [0.2, 0.25) is 0 Å². The Hall–Kier alpha value is -5.34. The fourth-order valence-corrected chi connectivity index (χ4v) is 6.40. The van der Waals surface area contributed by atoms with Crippen molar-refractivity contribution < 1.29 is 0 Å². The third kappa shape index (κ3) is 3.65. The Kier molecular flexibility index (Phi) is 5.39. The predicted octanol–water partition coefficient (Wildman–Crippen LogP) is 10.6. The largest absolute Gasteiger partial charge is 0.315 e. The maximum atomic E-state index is 2.45.